The van der Waals surface area contributed by atoms with E-state index in [1.165, 1.54) is 12.1 Å². The molecular weight excluding hydrogens is 459 g/mol. The first-order valence-corrected chi connectivity index (χ1v) is 12.4. The molecule has 0 atom stereocenters. The van der Waals surface area contributed by atoms with Gasteiger partial charge < -0.3 is 9.80 Å². The van der Waals surface area contributed by atoms with Crippen molar-refractivity contribution < 1.29 is 13.2 Å². The van der Waals surface area contributed by atoms with Crippen molar-refractivity contribution in [3.05, 3.63) is 57.6 Å². The van der Waals surface area contributed by atoms with Crippen LogP contribution in [-0.4, -0.2) is 63.4 Å². The number of sulfonamides is 1. The van der Waals surface area contributed by atoms with E-state index in [2.05, 4.69) is 15.9 Å². The molecule has 10 heteroatoms. The van der Waals surface area contributed by atoms with Crippen molar-refractivity contribution in [1.82, 2.24) is 9.80 Å². The lowest BCUT2D eigenvalue weighted by Crippen LogP contribution is -2.47. The lowest BCUT2D eigenvalue weighted by molar-refractivity contribution is 0.0770. The molecule has 0 aromatic heterocycles. The highest BCUT2D eigenvalue weighted by Crippen LogP contribution is 2.31. The second kappa shape index (κ2) is 8.96. The number of halogens is 2. The van der Waals surface area contributed by atoms with Crippen molar-refractivity contribution in [3.63, 3.8) is 0 Å². The highest BCUT2D eigenvalue weighted by molar-refractivity contribution is 7.89. The van der Waals surface area contributed by atoms with Crippen LogP contribution in [0.4, 0.5) is 5.69 Å². The molecule has 2 N–H and O–H groups in total. The van der Waals surface area contributed by atoms with Crippen molar-refractivity contribution >= 4 is 44.8 Å². The summed E-state index contributed by atoms with van der Waals surface area (Å²) in [5.74, 6) is -0.178. The largest absolute Gasteiger partial charge is 0.369 e. The number of nitrogens with zero attached hydrogens (tertiary/aromatic N) is 3. The molecule has 4 rings (SSSR count). The second-order valence-electron chi connectivity index (χ2n) is 7.87. The molecule has 1 amide bonds. The Kier molecular flexibility index (Phi) is 6.46. The first kappa shape index (κ1) is 22.4. The Morgan fingerprint density at radius 1 is 1.00 bits per heavy atom. The molecule has 2 aromatic rings. The van der Waals surface area contributed by atoms with Gasteiger partial charge in [-0.2, -0.15) is 0 Å². The number of anilines is 1. The summed E-state index contributed by atoms with van der Waals surface area (Å²) in [4.78, 5) is 19.0. The van der Waals surface area contributed by atoms with E-state index in [1.54, 1.807) is 4.90 Å². The molecule has 2 aliphatic heterocycles. The molecule has 2 aromatic carbocycles. The van der Waals surface area contributed by atoms with Gasteiger partial charge in [0.15, 0.2) is 0 Å². The van der Waals surface area contributed by atoms with Crippen molar-refractivity contribution in [3.8, 4) is 0 Å². The van der Waals surface area contributed by atoms with E-state index in [-0.39, 0.29) is 15.8 Å². The van der Waals surface area contributed by atoms with E-state index in [0.717, 1.165) is 55.4 Å². The number of piperazine rings is 1. The molecule has 0 saturated carbocycles. The Hall–Kier alpha value is -1.84. The summed E-state index contributed by atoms with van der Waals surface area (Å²) in [6.07, 6.45) is 0.840. The van der Waals surface area contributed by atoms with E-state index in [4.69, 9.17) is 28.3 Å². The number of nitrogens with two attached hydrogens (primary N) is 1. The molecule has 2 aliphatic rings. The van der Waals surface area contributed by atoms with Crippen LogP contribution in [0.5, 0.6) is 0 Å². The minimum absolute atomic E-state index is 0.0495. The minimum atomic E-state index is -3.98. The van der Waals surface area contributed by atoms with Crippen LogP contribution < -0.4 is 10.0 Å². The van der Waals surface area contributed by atoms with Crippen LogP contribution in [0.2, 0.25) is 10.0 Å². The van der Waals surface area contributed by atoms with E-state index in [9.17, 15) is 13.2 Å². The van der Waals surface area contributed by atoms with Crippen molar-refractivity contribution in [2.45, 2.75) is 17.9 Å². The van der Waals surface area contributed by atoms with Gasteiger partial charge in [0.05, 0.1) is 5.02 Å². The fourth-order valence-corrected chi connectivity index (χ4v) is 5.46. The van der Waals surface area contributed by atoms with E-state index >= 15 is 0 Å². The smallest absolute Gasteiger partial charge is 0.254 e. The summed E-state index contributed by atoms with van der Waals surface area (Å²) in [7, 11) is -3.98. The molecule has 7 nitrogen and oxygen atoms in total. The van der Waals surface area contributed by atoms with Gasteiger partial charge in [-0.05, 0) is 48.9 Å². The van der Waals surface area contributed by atoms with Gasteiger partial charge in [-0.25, -0.2) is 13.6 Å². The molecule has 31 heavy (non-hydrogen) atoms. The third kappa shape index (κ3) is 4.99. The second-order valence-corrected chi connectivity index (χ2v) is 10.2. The zero-order valence-corrected chi connectivity index (χ0v) is 19.3. The average molecular weight is 483 g/mol. The lowest BCUT2D eigenvalue weighted by atomic mass is 10.1. The Labute approximate surface area is 192 Å². The first-order valence-electron chi connectivity index (χ1n) is 10.1. The first-order chi connectivity index (χ1) is 14.7. The lowest BCUT2D eigenvalue weighted by Gasteiger charge is -2.36. The monoisotopic (exact) mass is 482 g/mol. The molecule has 0 bridgehead atoms. The van der Waals surface area contributed by atoms with E-state index in [1.807, 2.05) is 18.2 Å². The zero-order chi connectivity index (χ0) is 22.2. The number of fused-ring (bicyclic) bond motifs is 1. The Bertz CT molecular complexity index is 1100. The topological polar surface area (TPSA) is 86.9 Å². The van der Waals surface area contributed by atoms with Gasteiger partial charge in [-0.3, -0.25) is 9.69 Å². The standard InChI is InChI=1S/C21H24Cl2N4O3S/c22-16-3-1-4-17(12-16)26-9-7-25(8-10-26)5-2-6-27-14-15-11-19(23)20(31(24,29)30)13-18(15)21(27)28/h1,3-4,11-13H,2,5-10,14H2,(H2,24,29,30). The van der Waals surface area contributed by atoms with Crippen LogP contribution in [0.25, 0.3) is 0 Å². The van der Waals surface area contributed by atoms with E-state index in [0.29, 0.717) is 18.7 Å². The Balaban J connectivity index is 1.28. The van der Waals surface area contributed by atoms with Gasteiger partial charge in [0.1, 0.15) is 4.90 Å². The van der Waals surface area contributed by atoms with Gasteiger partial charge in [0.25, 0.3) is 5.91 Å². The Morgan fingerprint density at radius 2 is 1.74 bits per heavy atom. The number of primary sulfonamides is 1. The summed E-state index contributed by atoms with van der Waals surface area (Å²) in [6, 6.07) is 10.7. The number of amides is 1. The number of hydrogen-bond acceptors (Lipinski definition) is 5. The summed E-state index contributed by atoms with van der Waals surface area (Å²) in [5.41, 5.74) is 2.24. The molecule has 0 unspecified atom stereocenters. The summed E-state index contributed by atoms with van der Waals surface area (Å²) in [5, 5.41) is 5.99. The third-order valence-electron chi connectivity index (χ3n) is 5.79. The quantitative estimate of drug-likeness (QED) is 0.683. The number of carbonyl (C=O) groups is 1. The van der Waals surface area contributed by atoms with Crippen LogP contribution in [0.3, 0.4) is 0 Å². The van der Waals surface area contributed by atoms with Gasteiger partial charge in [0, 0.05) is 55.5 Å². The average Bonchev–Trinajstić information content (AvgIpc) is 3.02. The molecule has 0 radical (unpaired) electrons. The molecule has 0 spiro atoms. The van der Waals surface area contributed by atoms with E-state index < -0.39 is 10.0 Å². The van der Waals surface area contributed by atoms with Crippen LogP contribution >= 0.6 is 23.2 Å². The predicted octanol–water partition coefficient (Wildman–Crippen LogP) is 2.81. The maximum atomic E-state index is 12.7. The number of benzene rings is 2. The van der Waals surface area contributed by atoms with Crippen LogP contribution in [0, 0.1) is 0 Å². The van der Waals surface area contributed by atoms with Crippen molar-refractivity contribution in [2.75, 3.05) is 44.2 Å². The van der Waals surface area contributed by atoms with Crippen LogP contribution in [0.15, 0.2) is 41.3 Å². The van der Waals surface area contributed by atoms with Gasteiger partial charge in [-0.1, -0.05) is 29.3 Å². The highest BCUT2D eigenvalue weighted by atomic mass is 35.5. The maximum absolute atomic E-state index is 12.7. The van der Waals surface area contributed by atoms with Gasteiger partial charge >= 0.3 is 0 Å². The fourth-order valence-electron chi connectivity index (χ4n) is 4.16. The summed E-state index contributed by atoms with van der Waals surface area (Å²) in [6.45, 7) is 5.70. The number of hydrogen-bond donors (Lipinski definition) is 1. The van der Waals surface area contributed by atoms with Crippen LogP contribution in [0.1, 0.15) is 22.3 Å². The van der Waals surface area contributed by atoms with Crippen molar-refractivity contribution in [1.29, 1.82) is 0 Å². The molecule has 0 aliphatic carbocycles. The Morgan fingerprint density at radius 3 is 2.42 bits per heavy atom. The van der Waals surface area contributed by atoms with Gasteiger partial charge in [-0.15, -0.1) is 0 Å². The zero-order valence-electron chi connectivity index (χ0n) is 16.9. The molecule has 1 fully saturated rings. The molecule has 1 saturated heterocycles. The fraction of sp³-hybridized carbons (Fsp3) is 0.381. The van der Waals surface area contributed by atoms with Crippen molar-refractivity contribution in [2.24, 2.45) is 5.14 Å². The van der Waals surface area contributed by atoms with Gasteiger partial charge in [0.2, 0.25) is 10.0 Å². The highest BCUT2D eigenvalue weighted by Gasteiger charge is 2.30. The molecular formula is C21H24Cl2N4O3S. The minimum Gasteiger partial charge on any atom is -0.369 e. The predicted molar refractivity (Wildman–Crippen MR) is 122 cm³/mol. The number of carbonyl (C=O) groups excluding carboxylic acids is 1. The summed E-state index contributed by atoms with van der Waals surface area (Å²) < 4.78 is 23.3. The van der Waals surface area contributed by atoms with Crippen LogP contribution in [-0.2, 0) is 16.6 Å². The number of rotatable bonds is 6. The molecule has 2 heterocycles. The SMILES string of the molecule is NS(=O)(=O)c1cc2c(cc1Cl)CN(CCCN1CCN(c3cccc(Cl)c3)CC1)C2=O. The third-order valence-corrected chi connectivity index (χ3v) is 7.40. The normalized spacial score (nSPS) is 17.3. The maximum Gasteiger partial charge on any atom is 0.254 e. The summed E-state index contributed by atoms with van der Waals surface area (Å²) >= 11 is 12.1. The molecule has 166 valence electrons.